The van der Waals surface area contributed by atoms with E-state index in [0.717, 1.165) is 19.6 Å². The molecule has 0 aromatic carbocycles. The number of hydrogen-bond donors (Lipinski definition) is 1. The summed E-state index contributed by atoms with van der Waals surface area (Å²) < 4.78 is 9.18. The summed E-state index contributed by atoms with van der Waals surface area (Å²) in [6.07, 6.45) is 1.04. The highest BCUT2D eigenvalue weighted by Crippen LogP contribution is 1.98. The Bertz CT molecular complexity index is 53.0. The van der Waals surface area contributed by atoms with Gasteiger partial charge in [-0.05, 0) is 6.42 Å². The van der Waals surface area contributed by atoms with Crippen molar-refractivity contribution < 1.29 is 9.47 Å². The highest BCUT2D eigenvalue weighted by Gasteiger charge is 2.07. The Balaban J connectivity index is 0.000000187. The Hall–Kier alpha value is -0.120. The first-order chi connectivity index (χ1) is 4.31. The third-order valence-corrected chi connectivity index (χ3v) is 0.965. The molecule has 0 aliphatic carbocycles. The normalized spacial score (nSPS) is 25.0. The molecule has 1 aliphatic rings. The largest absolute Gasteiger partial charge is 0.388 e. The fourth-order valence-electron chi connectivity index (χ4n) is 0.553. The molecule has 0 saturated carbocycles. The lowest BCUT2D eigenvalue weighted by Gasteiger charge is -1.90. The van der Waals surface area contributed by atoms with Gasteiger partial charge >= 0.3 is 0 Å². The zero-order valence-electron chi connectivity index (χ0n) is 6.09. The van der Waals surface area contributed by atoms with E-state index in [1.54, 1.807) is 14.2 Å². The van der Waals surface area contributed by atoms with Crippen LogP contribution in [0.2, 0.25) is 0 Å². The third kappa shape index (κ3) is 5.76. The average Bonchev–Trinajstić information content (AvgIpc) is 2.20. The molecule has 1 saturated heterocycles. The van der Waals surface area contributed by atoms with E-state index in [2.05, 4.69) is 4.74 Å². The smallest absolute Gasteiger partial charge is 0.0618 e. The van der Waals surface area contributed by atoms with Gasteiger partial charge in [0.25, 0.3) is 0 Å². The van der Waals surface area contributed by atoms with E-state index in [4.69, 9.17) is 10.5 Å². The minimum atomic E-state index is 0.324. The molecule has 1 atom stereocenters. The molecule has 0 amide bonds. The molecule has 0 bridgehead atoms. The molecule has 1 unspecified atom stereocenters. The van der Waals surface area contributed by atoms with Gasteiger partial charge in [0, 0.05) is 26.9 Å². The molecule has 0 aromatic heterocycles. The molecule has 0 radical (unpaired) electrons. The van der Waals surface area contributed by atoms with Crippen LogP contribution in [0.3, 0.4) is 0 Å². The van der Waals surface area contributed by atoms with E-state index in [0.29, 0.717) is 6.04 Å². The van der Waals surface area contributed by atoms with Gasteiger partial charge in [-0.2, -0.15) is 0 Å². The van der Waals surface area contributed by atoms with Crippen LogP contribution < -0.4 is 5.73 Å². The van der Waals surface area contributed by atoms with Crippen molar-refractivity contribution in [1.82, 2.24) is 0 Å². The lowest BCUT2D eigenvalue weighted by molar-refractivity contribution is 0.194. The van der Waals surface area contributed by atoms with Gasteiger partial charge in [-0.3, -0.25) is 0 Å². The van der Waals surface area contributed by atoms with Crippen LogP contribution in [0.4, 0.5) is 0 Å². The molecule has 0 aromatic rings. The summed E-state index contributed by atoms with van der Waals surface area (Å²) in [6.45, 7) is 1.63. The van der Waals surface area contributed by atoms with Crippen molar-refractivity contribution in [1.29, 1.82) is 0 Å². The monoisotopic (exact) mass is 133 g/mol. The Morgan fingerprint density at radius 2 is 2.11 bits per heavy atom. The summed E-state index contributed by atoms with van der Waals surface area (Å²) >= 11 is 0. The van der Waals surface area contributed by atoms with Gasteiger partial charge in [-0.25, -0.2) is 0 Å². The standard InChI is InChI=1S/C4H9NO.C2H6O/c5-4-1-2-6-3-4;1-3-2/h4H,1-3,5H2;1-2H3. The van der Waals surface area contributed by atoms with E-state index >= 15 is 0 Å². The van der Waals surface area contributed by atoms with Gasteiger partial charge in [-0.1, -0.05) is 0 Å². The maximum Gasteiger partial charge on any atom is 0.0618 e. The van der Waals surface area contributed by atoms with Crippen LogP contribution in [0.25, 0.3) is 0 Å². The second kappa shape index (κ2) is 6.01. The van der Waals surface area contributed by atoms with Crippen molar-refractivity contribution in [2.75, 3.05) is 27.4 Å². The van der Waals surface area contributed by atoms with Gasteiger partial charge in [-0.15, -0.1) is 0 Å². The predicted molar refractivity (Wildman–Crippen MR) is 36.3 cm³/mol. The van der Waals surface area contributed by atoms with Gasteiger partial charge in [0.1, 0.15) is 0 Å². The van der Waals surface area contributed by atoms with Crippen LogP contribution in [0.5, 0.6) is 0 Å². The van der Waals surface area contributed by atoms with E-state index in [-0.39, 0.29) is 0 Å². The zero-order valence-corrected chi connectivity index (χ0v) is 6.09. The Morgan fingerprint density at radius 1 is 1.56 bits per heavy atom. The number of rotatable bonds is 0. The van der Waals surface area contributed by atoms with Crippen molar-refractivity contribution in [3.63, 3.8) is 0 Å². The fourth-order valence-corrected chi connectivity index (χ4v) is 0.553. The maximum absolute atomic E-state index is 5.41. The number of methoxy groups -OCH3 is 1. The van der Waals surface area contributed by atoms with E-state index in [9.17, 15) is 0 Å². The van der Waals surface area contributed by atoms with Gasteiger partial charge in [0.2, 0.25) is 0 Å². The molecule has 2 N–H and O–H groups in total. The van der Waals surface area contributed by atoms with E-state index < -0.39 is 0 Å². The van der Waals surface area contributed by atoms with Crippen LogP contribution >= 0.6 is 0 Å². The lowest BCUT2D eigenvalue weighted by atomic mass is 10.3. The molecule has 3 heteroatoms. The summed E-state index contributed by atoms with van der Waals surface area (Å²) in [5.41, 5.74) is 5.41. The second-order valence-corrected chi connectivity index (χ2v) is 2.03. The molecular formula is C6H15NO2. The van der Waals surface area contributed by atoms with Crippen LogP contribution in [0.1, 0.15) is 6.42 Å². The lowest BCUT2D eigenvalue weighted by Crippen LogP contribution is -2.18. The second-order valence-electron chi connectivity index (χ2n) is 2.03. The minimum absolute atomic E-state index is 0.324. The van der Waals surface area contributed by atoms with Crippen molar-refractivity contribution >= 4 is 0 Å². The van der Waals surface area contributed by atoms with Crippen molar-refractivity contribution in [3.05, 3.63) is 0 Å². The summed E-state index contributed by atoms with van der Waals surface area (Å²) in [6, 6.07) is 0.324. The van der Waals surface area contributed by atoms with E-state index in [1.165, 1.54) is 0 Å². The summed E-state index contributed by atoms with van der Waals surface area (Å²) in [7, 11) is 3.25. The zero-order chi connectivity index (χ0) is 7.11. The Labute approximate surface area is 56.1 Å². The first-order valence-electron chi connectivity index (χ1n) is 3.04. The number of hydrogen-bond acceptors (Lipinski definition) is 3. The SMILES string of the molecule is COC.NC1CCOC1. The third-order valence-electron chi connectivity index (χ3n) is 0.965. The quantitative estimate of drug-likeness (QED) is 0.505. The fraction of sp³-hybridized carbons (Fsp3) is 1.00. The number of ether oxygens (including phenoxy) is 2. The van der Waals surface area contributed by atoms with Gasteiger partial charge in [0.15, 0.2) is 0 Å². The molecule has 0 spiro atoms. The Morgan fingerprint density at radius 3 is 2.22 bits per heavy atom. The van der Waals surface area contributed by atoms with Crippen molar-refractivity contribution in [2.24, 2.45) is 5.73 Å². The molecule has 3 nitrogen and oxygen atoms in total. The average molecular weight is 133 g/mol. The molecule has 1 rings (SSSR count). The summed E-state index contributed by atoms with van der Waals surface area (Å²) in [5.74, 6) is 0. The summed E-state index contributed by atoms with van der Waals surface area (Å²) in [5, 5.41) is 0. The van der Waals surface area contributed by atoms with Crippen molar-refractivity contribution in [3.8, 4) is 0 Å². The van der Waals surface area contributed by atoms with Crippen LogP contribution in [-0.4, -0.2) is 33.5 Å². The highest BCUT2D eigenvalue weighted by molar-refractivity contribution is 4.64. The van der Waals surface area contributed by atoms with Crippen molar-refractivity contribution in [2.45, 2.75) is 12.5 Å². The Kier molecular flexibility index (Phi) is 5.93. The molecular weight excluding hydrogens is 118 g/mol. The topological polar surface area (TPSA) is 44.5 Å². The van der Waals surface area contributed by atoms with Gasteiger partial charge < -0.3 is 15.2 Å². The van der Waals surface area contributed by atoms with Crippen LogP contribution in [-0.2, 0) is 9.47 Å². The highest BCUT2D eigenvalue weighted by atomic mass is 16.5. The maximum atomic E-state index is 5.41. The van der Waals surface area contributed by atoms with Crippen LogP contribution in [0, 0.1) is 0 Å². The molecule has 56 valence electrons. The molecule has 1 aliphatic heterocycles. The number of nitrogens with two attached hydrogens (primary N) is 1. The van der Waals surface area contributed by atoms with Gasteiger partial charge in [0.05, 0.1) is 6.61 Å². The van der Waals surface area contributed by atoms with E-state index in [1.807, 2.05) is 0 Å². The minimum Gasteiger partial charge on any atom is -0.388 e. The summed E-state index contributed by atoms with van der Waals surface area (Å²) in [4.78, 5) is 0. The predicted octanol–water partition coefficient (Wildman–Crippen LogP) is -0.00340. The molecule has 9 heavy (non-hydrogen) atoms. The first kappa shape index (κ1) is 8.88. The first-order valence-corrected chi connectivity index (χ1v) is 3.04. The van der Waals surface area contributed by atoms with Crippen LogP contribution in [0.15, 0.2) is 0 Å². The molecule has 1 fully saturated rings. The molecule has 1 heterocycles.